The molecule has 7 nitrogen and oxygen atoms in total. The van der Waals surface area contributed by atoms with Crippen LogP contribution in [0.1, 0.15) is 20.7 Å². The summed E-state index contributed by atoms with van der Waals surface area (Å²) in [6.07, 6.45) is 2.96. The smallest absolute Gasteiger partial charge is 0.343 e. The normalized spacial score (nSPS) is 9.54. The number of esters is 2. The van der Waals surface area contributed by atoms with Gasteiger partial charge in [-0.15, -0.1) is 0 Å². The van der Waals surface area contributed by atoms with Crippen LogP contribution in [0.25, 0.3) is 0 Å². The summed E-state index contributed by atoms with van der Waals surface area (Å²) in [6, 6.07) is 2.96. The molecule has 0 amide bonds. The number of rotatable bonds is 2. The second-order valence-electron chi connectivity index (χ2n) is 4.04. The quantitative estimate of drug-likeness (QED) is 0.522. The van der Waals surface area contributed by atoms with E-state index in [1.165, 1.54) is 32.7 Å². The molecular weight excluding hydrogens is 471 g/mol. The Morgan fingerprint density at radius 3 is 2.21 bits per heavy atom. The summed E-state index contributed by atoms with van der Waals surface area (Å²) in [5.41, 5.74) is -0.203. The number of H-pyrrole nitrogens is 1. The Balaban J connectivity index is 0.000000240. The second kappa shape index (κ2) is 9.55. The summed E-state index contributed by atoms with van der Waals surface area (Å²) < 4.78 is 10.2. The molecule has 2 aromatic heterocycles. The first-order chi connectivity index (χ1) is 11.3. The number of aromatic nitrogens is 2. The van der Waals surface area contributed by atoms with E-state index >= 15 is 0 Å². The predicted molar refractivity (Wildman–Crippen MR) is 94.4 cm³/mol. The van der Waals surface area contributed by atoms with Crippen LogP contribution in [-0.4, -0.2) is 36.1 Å². The molecule has 0 atom stereocenters. The lowest BCUT2D eigenvalue weighted by atomic mass is 10.3. The Morgan fingerprint density at radius 1 is 1.08 bits per heavy atom. The van der Waals surface area contributed by atoms with Crippen LogP contribution in [0.5, 0.6) is 0 Å². The van der Waals surface area contributed by atoms with Crippen molar-refractivity contribution in [1.29, 1.82) is 0 Å². The number of aromatic amines is 1. The standard InChI is InChI=1S/C7H5BrClNO2.C7H6BrNO3/c1-12-7(11)5-2-4(8)3-10-6(5)9;1-12-7(11)5-2-4(8)3-9-6(5)10/h2-3H,1H3;2-3H,1H3,(H,9,10). The maximum absolute atomic E-state index is 11.0. The zero-order valence-electron chi connectivity index (χ0n) is 12.4. The molecule has 0 fully saturated rings. The van der Waals surface area contributed by atoms with Crippen LogP contribution >= 0.6 is 43.5 Å². The Bertz CT molecular complexity index is 810. The van der Waals surface area contributed by atoms with Gasteiger partial charge in [0, 0.05) is 21.3 Å². The van der Waals surface area contributed by atoms with Crippen molar-refractivity contribution in [3.05, 3.63) is 60.1 Å². The fourth-order valence-corrected chi connectivity index (χ4v) is 2.25. The van der Waals surface area contributed by atoms with Crippen molar-refractivity contribution in [2.24, 2.45) is 0 Å². The van der Waals surface area contributed by atoms with Crippen molar-refractivity contribution in [2.45, 2.75) is 0 Å². The molecule has 0 aromatic carbocycles. The van der Waals surface area contributed by atoms with Crippen LogP contribution in [-0.2, 0) is 9.47 Å². The summed E-state index contributed by atoms with van der Waals surface area (Å²) in [4.78, 5) is 39.1. The highest BCUT2D eigenvalue weighted by Gasteiger charge is 2.11. The third-order valence-corrected chi connectivity index (χ3v) is 3.68. The number of methoxy groups -OCH3 is 2. The Kier molecular flexibility index (Phi) is 8.09. The van der Waals surface area contributed by atoms with Gasteiger partial charge < -0.3 is 14.5 Å². The number of hydrogen-bond acceptors (Lipinski definition) is 6. The van der Waals surface area contributed by atoms with Crippen molar-refractivity contribution in [2.75, 3.05) is 14.2 Å². The lowest BCUT2D eigenvalue weighted by Gasteiger charge is -2.00. The van der Waals surface area contributed by atoms with Gasteiger partial charge in [-0.05, 0) is 44.0 Å². The summed E-state index contributed by atoms with van der Waals surface area (Å²) in [7, 11) is 2.52. The molecule has 0 spiro atoms. The van der Waals surface area contributed by atoms with Crippen molar-refractivity contribution in [3.63, 3.8) is 0 Å². The van der Waals surface area contributed by atoms with E-state index in [1.54, 1.807) is 6.07 Å². The van der Waals surface area contributed by atoms with E-state index in [-0.39, 0.29) is 16.3 Å². The van der Waals surface area contributed by atoms with Gasteiger partial charge in [0.25, 0.3) is 5.56 Å². The minimum atomic E-state index is -0.641. The number of nitrogens with zero attached hydrogens (tertiary/aromatic N) is 1. The minimum absolute atomic E-state index is 0.00752. The number of nitrogens with one attached hydrogen (secondary N) is 1. The first-order valence-corrected chi connectivity index (χ1v) is 8.12. The number of ether oxygens (including phenoxy) is 2. The van der Waals surface area contributed by atoms with Gasteiger partial charge in [0.1, 0.15) is 10.7 Å². The third-order valence-electron chi connectivity index (χ3n) is 2.48. The van der Waals surface area contributed by atoms with Gasteiger partial charge in [-0.1, -0.05) is 11.6 Å². The molecule has 2 heterocycles. The van der Waals surface area contributed by atoms with Gasteiger partial charge in [-0.25, -0.2) is 14.6 Å². The number of pyridine rings is 2. The van der Waals surface area contributed by atoms with Crippen molar-refractivity contribution < 1.29 is 19.1 Å². The van der Waals surface area contributed by atoms with Gasteiger partial charge in [-0.2, -0.15) is 0 Å². The lowest BCUT2D eigenvalue weighted by molar-refractivity contribution is 0.0590. The highest BCUT2D eigenvalue weighted by Crippen LogP contribution is 2.18. The van der Waals surface area contributed by atoms with Crippen LogP contribution in [0.3, 0.4) is 0 Å². The first-order valence-electron chi connectivity index (χ1n) is 6.16. The summed E-state index contributed by atoms with van der Waals surface area (Å²) in [6.45, 7) is 0. The molecular formula is C14H11Br2ClN2O5. The van der Waals surface area contributed by atoms with E-state index < -0.39 is 17.5 Å². The zero-order valence-corrected chi connectivity index (χ0v) is 16.4. The van der Waals surface area contributed by atoms with E-state index in [4.69, 9.17) is 11.6 Å². The average molecular weight is 483 g/mol. The Hall–Kier alpha value is -1.71. The molecule has 0 radical (unpaired) electrons. The zero-order chi connectivity index (χ0) is 18.3. The van der Waals surface area contributed by atoms with Crippen molar-refractivity contribution in [3.8, 4) is 0 Å². The van der Waals surface area contributed by atoms with E-state index in [0.29, 0.717) is 8.95 Å². The number of halogens is 3. The summed E-state index contributed by atoms with van der Waals surface area (Å²) in [5, 5.41) is 0.144. The minimum Gasteiger partial charge on any atom is -0.465 e. The molecule has 2 rings (SSSR count). The van der Waals surface area contributed by atoms with Crippen LogP contribution in [0.4, 0.5) is 0 Å². The first kappa shape index (κ1) is 20.3. The third kappa shape index (κ3) is 5.73. The fraction of sp³-hybridized carbons (Fsp3) is 0.143. The van der Waals surface area contributed by atoms with Crippen LogP contribution in [0.15, 0.2) is 38.3 Å². The maximum atomic E-state index is 11.0. The second-order valence-corrected chi connectivity index (χ2v) is 6.23. The summed E-state index contributed by atoms with van der Waals surface area (Å²) in [5.74, 6) is -1.13. The van der Waals surface area contributed by atoms with Crippen LogP contribution < -0.4 is 5.56 Å². The van der Waals surface area contributed by atoms with Gasteiger partial charge >= 0.3 is 11.9 Å². The molecule has 0 saturated heterocycles. The topological polar surface area (TPSA) is 98.4 Å². The highest BCUT2D eigenvalue weighted by molar-refractivity contribution is 9.10. The number of carbonyl (C=O) groups is 2. The number of carbonyl (C=O) groups excluding carboxylic acids is 2. The lowest BCUT2D eigenvalue weighted by Crippen LogP contribution is -2.17. The van der Waals surface area contributed by atoms with Crippen molar-refractivity contribution >= 4 is 55.4 Å². The Morgan fingerprint density at radius 2 is 1.62 bits per heavy atom. The monoisotopic (exact) mass is 480 g/mol. The van der Waals surface area contributed by atoms with Gasteiger partial charge in [0.2, 0.25) is 0 Å². The largest absolute Gasteiger partial charge is 0.465 e. The van der Waals surface area contributed by atoms with Crippen molar-refractivity contribution in [1.82, 2.24) is 9.97 Å². The van der Waals surface area contributed by atoms with E-state index in [0.717, 1.165) is 0 Å². The van der Waals surface area contributed by atoms with Gasteiger partial charge in [0.05, 0.1) is 19.8 Å². The van der Waals surface area contributed by atoms with E-state index in [1.807, 2.05) is 0 Å². The van der Waals surface area contributed by atoms with Crippen LogP contribution in [0.2, 0.25) is 5.15 Å². The molecule has 0 saturated carbocycles. The predicted octanol–water partition coefficient (Wildman–Crippen LogP) is 3.21. The number of hydrogen-bond donors (Lipinski definition) is 1. The van der Waals surface area contributed by atoms with Crippen LogP contribution in [0, 0.1) is 0 Å². The molecule has 0 aliphatic carbocycles. The average Bonchev–Trinajstić information content (AvgIpc) is 2.58. The highest BCUT2D eigenvalue weighted by atomic mass is 79.9. The van der Waals surface area contributed by atoms with Gasteiger partial charge in [0.15, 0.2) is 0 Å². The molecule has 128 valence electrons. The maximum Gasteiger partial charge on any atom is 0.343 e. The van der Waals surface area contributed by atoms with Gasteiger partial charge in [-0.3, -0.25) is 4.79 Å². The molecule has 0 unspecified atom stereocenters. The molecule has 0 aliphatic heterocycles. The van der Waals surface area contributed by atoms with E-state index in [2.05, 4.69) is 51.3 Å². The molecule has 1 N–H and O–H groups in total. The SMILES string of the molecule is COC(=O)c1cc(Br)c[nH]c1=O.COC(=O)c1cc(Br)cnc1Cl. The molecule has 0 bridgehead atoms. The molecule has 2 aromatic rings. The molecule has 0 aliphatic rings. The summed E-state index contributed by atoms with van der Waals surface area (Å²) >= 11 is 11.9. The molecule has 10 heteroatoms. The Labute approximate surface area is 158 Å². The molecule has 24 heavy (non-hydrogen) atoms. The fourth-order valence-electron chi connectivity index (χ4n) is 1.39. The van der Waals surface area contributed by atoms with E-state index in [9.17, 15) is 14.4 Å².